The summed E-state index contributed by atoms with van der Waals surface area (Å²) in [6.45, 7) is 15.3. The Morgan fingerprint density at radius 1 is 0.652 bits per heavy atom. The third-order valence-corrected chi connectivity index (χ3v) is 19.8. The van der Waals surface area contributed by atoms with Gasteiger partial charge >= 0.3 is 5.97 Å². The summed E-state index contributed by atoms with van der Waals surface area (Å²) in [5.74, 6) is -1.02. The molecule has 3 saturated heterocycles. The highest BCUT2D eigenvalue weighted by atomic mass is 16.8. The van der Waals surface area contributed by atoms with Crippen LogP contribution in [0.15, 0.2) is 11.6 Å². The fourth-order valence-electron chi connectivity index (χ4n) is 15.3. The van der Waals surface area contributed by atoms with Crippen LogP contribution in [0.1, 0.15) is 113 Å². The molecule has 0 amide bonds. The lowest BCUT2D eigenvalue weighted by molar-refractivity contribution is -0.397. The molecule has 0 radical (unpaired) electrons. The van der Waals surface area contributed by atoms with Gasteiger partial charge in [-0.15, -0.1) is 0 Å². The lowest BCUT2D eigenvalue weighted by Gasteiger charge is -2.72. The lowest BCUT2D eigenvalue weighted by atomic mass is 9.33. The van der Waals surface area contributed by atoms with Gasteiger partial charge in [-0.25, -0.2) is 0 Å². The van der Waals surface area contributed by atoms with Crippen molar-refractivity contribution in [2.75, 3.05) is 13.2 Å². The van der Waals surface area contributed by atoms with Crippen LogP contribution >= 0.6 is 0 Å². The van der Waals surface area contributed by atoms with Gasteiger partial charge in [0.2, 0.25) is 0 Å². The van der Waals surface area contributed by atoms with Crippen molar-refractivity contribution in [3.05, 3.63) is 11.6 Å². The van der Waals surface area contributed by atoms with Gasteiger partial charge in [0, 0.05) is 5.92 Å². The van der Waals surface area contributed by atoms with E-state index in [1.807, 2.05) is 13.8 Å². The van der Waals surface area contributed by atoms with Crippen molar-refractivity contribution in [1.29, 1.82) is 0 Å². The molecule has 25 atom stereocenters. The molecule has 378 valence electrons. The molecule has 7 fully saturated rings. The predicted molar refractivity (Wildman–Crippen MR) is 231 cm³/mol. The zero-order valence-electron chi connectivity index (χ0n) is 39.7. The molecule has 4 saturated carbocycles. The van der Waals surface area contributed by atoms with E-state index in [0.29, 0.717) is 25.7 Å². The van der Waals surface area contributed by atoms with Crippen molar-refractivity contribution in [2.45, 2.75) is 217 Å². The second-order valence-electron chi connectivity index (χ2n) is 23.1. The SMILES string of the molecule is C[C@@H]1O[C@@H](O[C@H]2[C@H](O[C@H]3[C@H](O[C@H]4CC[C@]5(C)[C@H]6CC=C7[C@H]8[C@](C(=O)O)(CC[C@@H](C)[C@@]8(C)O)CC[C@@]7(C)[C@]6(C)CC[C@H]5C4(C)C)O[C@H](CO)[C@@H](O)[C@@H]3O)O[C@H](CO)[C@@H](O)[C@@H]2O)[C@H](O)[C@H](O)[C@H]1O. The van der Waals surface area contributed by atoms with E-state index in [2.05, 4.69) is 40.7 Å². The first-order chi connectivity index (χ1) is 30.8. The summed E-state index contributed by atoms with van der Waals surface area (Å²) in [6, 6.07) is 0. The molecule has 8 rings (SSSR count). The van der Waals surface area contributed by atoms with Gasteiger partial charge in [-0.3, -0.25) is 4.79 Å². The highest BCUT2D eigenvalue weighted by Gasteiger charge is 2.72. The predicted octanol–water partition coefficient (Wildman–Crippen LogP) is 0.705. The summed E-state index contributed by atoms with van der Waals surface area (Å²) in [4.78, 5) is 13.2. The number of carboxylic acids is 1. The molecule has 18 nitrogen and oxygen atoms in total. The maximum absolute atomic E-state index is 13.2. The fraction of sp³-hybridized carbons (Fsp3) is 0.938. The van der Waals surface area contributed by atoms with Crippen molar-refractivity contribution in [3.8, 4) is 0 Å². The van der Waals surface area contributed by atoms with E-state index >= 15 is 0 Å². The third-order valence-electron chi connectivity index (χ3n) is 19.8. The van der Waals surface area contributed by atoms with Crippen LogP contribution in [0.25, 0.3) is 0 Å². The number of carbonyl (C=O) groups is 1. The van der Waals surface area contributed by atoms with Crippen LogP contribution in [-0.4, -0.2) is 179 Å². The van der Waals surface area contributed by atoms with E-state index in [-0.39, 0.29) is 34.0 Å². The molecule has 0 spiro atoms. The minimum absolute atomic E-state index is 0.0508. The Morgan fingerprint density at radius 3 is 1.80 bits per heavy atom. The van der Waals surface area contributed by atoms with E-state index in [9.17, 15) is 61.0 Å². The fourth-order valence-corrected chi connectivity index (χ4v) is 15.3. The van der Waals surface area contributed by atoms with Crippen LogP contribution in [0.4, 0.5) is 0 Å². The maximum Gasteiger partial charge on any atom is 0.310 e. The van der Waals surface area contributed by atoms with Gasteiger partial charge in [-0.2, -0.15) is 0 Å². The lowest BCUT2D eigenvalue weighted by Crippen LogP contribution is -2.68. The largest absolute Gasteiger partial charge is 0.481 e. The number of ether oxygens (including phenoxy) is 6. The Hall–Kier alpha value is -1.43. The van der Waals surface area contributed by atoms with Gasteiger partial charge in [0.15, 0.2) is 18.9 Å². The van der Waals surface area contributed by atoms with Crippen LogP contribution < -0.4 is 0 Å². The highest BCUT2D eigenvalue weighted by molar-refractivity contribution is 5.77. The minimum Gasteiger partial charge on any atom is -0.481 e. The minimum atomic E-state index is -1.85. The van der Waals surface area contributed by atoms with E-state index in [1.165, 1.54) is 6.92 Å². The van der Waals surface area contributed by atoms with Crippen molar-refractivity contribution >= 4 is 5.97 Å². The average molecular weight is 943 g/mol. The number of hydrogen-bond donors (Lipinski definition) is 11. The van der Waals surface area contributed by atoms with Crippen molar-refractivity contribution in [2.24, 2.45) is 50.7 Å². The molecule has 0 aromatic rings. The summed E-state index contributed by atoms with van der Waals surface area (Å²) >= 11 is 0. The molecule has 5 aliphatic carbocycles. The summed E-state index contributed by atoms with van der Waals surface area (Å²) in [6.07, 6.45) is -15.9. The van der Waals surface area contributed by atoms with Gasteiger partial charge in [0.1, 0.15) is 67.1 Å². The number of aliphatic carboxylic acids is 1. The molecule has 0 aromatic heterocycles. The zero-order chi connectivity index (χ0) is 48.4. The second kappa shape index (κ2) is 17.7. The normalized spacial score (nSPS) is 55.9. The Balaban J connectivity index is 1.06. The number of aliphatic hydroxyl groups is 10. The van der Waals surface area contributed by atoms with Gasteiger partial charge in [0.05, 0.1) is 36.4 Å². The first-order valence-corrected chi connectivity index (χ1v) is 24.3. The Kier molecular flexibility index (Phi) is 13.7. The number of fused-ring (bicyclic) bond motifs is 7. The molecule has 0 unspecified atom stereocenters. The van der Waals surface area contributed by atoms with E-state index in [0.717, 1.165) is 37.7 Å². The molecule has 0 bridgehead atoms. The standard InChI is InChI=1S/C48H78O18/c1-21-11-16-48(42(58)59)18-17-45(6)23(38(48)47(21,8)60)9-10-27-44(5)14-13-28(43(3,4)26(44)12-15-46(27,45)7)64-40-36(33(55)30(52)24(19-49)62-40)66-41-37(34(56)31(53)25(20-50)63-41)65-39-35(57)32(54)29(51)22(2)61-39/h9,21-22,24-41,49-57,60H,10-20H2,1-8H3,(H,58,59)/t21-,22+,24-,25-,26+,27-,28+,29+,30-,31-,32-,33+,34+,35-,36-,37-,38-,39+,40+,41+,44+,45-,46-,47-,48+/m1/s1. The topological polar surface area (TPSA) is 295 Å². The molecule has 66 heavy (non-hydrogen) atoms. The van der Waals surface area contributed by atoms with E-state index in [1.54, 1.807) is 0 Å². The summed E-state index contributed by atoms with van der Waals surface area (Å²) < 4.78 is 36.8. The zero-order valence-corrected chi connectivity index (χ0v) is 39.7. The number of hydrogen-bond acceptors (Lipinski definition) is 17. The van der Waals surface area contributed by atoms with E-state index < -0.39 is 140 Å². The average Bonchev–Trinajstić information content (AvgIpc) is 3.26. The number of rotatable bonds is 9. The van der Waals surface area contributed by atoms with Gasteiger partial charge in [0.25, 0.3) is 0 Å². The van der Waals surface area contributed by atoms with Crippen LogP contribution in [0.5, 0.6) is 0 Å². The quantitative estimate of drug-likeness (QED) is 0.112. The van der Waals surface area contributed by atoms with Crippen molar-refractivity contribution in [1.82, 2.24) is 0 Å². The highest BCUT2D eigenvalue weighted by Crippen LogP contribution is 2.76. The number of aliphatic hydroxyl groups excluding tert-OH is 9. The molecule has 18 heteroatoms. The molecule has 8 aliphatic rings. The Labute approximate surface area is 387 Å². The number of carboxylic acid groups (broad SMARTS) is 1. The van der Waals surface area contributed by atoms with E-state index in [4.69, 9.17) is 28.4 Å². The second-order valence-corrected chi connectivity index (χ2v) is 23.1. The Morgan fingerprint density at radius 2 is 1.23 bits per heavy atom. The molecule has 11 N–H and O–H groups in total. The molecule has 3 heterocycles. The third kappa shape index (κ3) is 7.52. The monoisotopic (exact) mass is 943 g/mol. The maximum atomic E-state index is 13.2. The van der Waals surface area contributed by atoms with Crippen LogP contribution in [0.3, 0.4) is 0 Å². The van der Waals surface area contributed by atoms with Crippen LogP contribution in [0.2, 0.25) is 0 Å². The summed E-state index contributed by atoms with van der Waals surface area (Å²) in [5, 5.41) is 120. The van der Waals surface area contributed by atoms with Gasteiger partial charge in [-0.05, 0) is 111 Å². The van der Waals surface area contributed by atoms with Crippen molar-refractivity contribution in [3.63, 3.8) is 0 Å². The first kappa shape index (κ1) is 50.9. The summed E-state index contributed by atoms with van der Waals surface area (Å²) in [7, 11) is 0. The van der Waals surface area contributed by atoms with Crippen LogP contribution in [-0.2, 0) is 33.2 Å². The van der Waals surface area contributed by atoms with Crippen LogP contribution in [0, 0.1) is 50.7 Å². The molecule has 3 aliphatic heterocycles. The Bertz CT molecular complexity index is 1810. The number of allylic oxidation sites excluding steroid dienone is 1. The molecule has 0 aromatic carbocycles. The summed E-state index contributed by atoms with van der Waals surface area (Å²) in [5.41, 5.74) is -2.34. The smallest absolute Gasteiger partial charge is 0.310 e. The first-order valence-electron chi connectivity index (χ1n) is 24.3. The molecular formula is C48H78O18. The van der Waals surface area contributed by atoms with Gasteiger partial charge in [-0.1, -0.05) is 53.2 Å². The van der Waals surface area contributed by atoms with Gasteiger partial charge < -0.3 is 84.6 Å². The molecular weight excluding hydrogens is 865 g/mol. The van der Waals surface area contributed by atoms with Crippen molar-refractivity contribution < 1.29 is 89.4 Å².